The van der Waals surface area contributed by atoms with Gasteiger partial charge in [-0.2, -0.15) is 0 Å². The molecule has 0 aromatic carbocycles. The number of ether oxygens (including phenoxy) is 1. The molecule has 0 fully saturated rings. The minimum Gasteiger partial charge on any atom is -0.447 e. The molecule has 0 aromatic heterocycles. The van der Waals surface area contributed by atoms with E-state index >= 15 is 0 Å². The monoisotopic (exact) mass is 146 g/mol. The van der Waals surface area contributed by atoms with Crippen LogP contribution in [0, 0.1) is 0 Å². The Morgan fingerprint density at radius 3 is 2.40 bits per heavy atom. The van der Waals surface area contributed by atoms with Crippen LogP contribution in [0.25, 0.3) is 0 Å². The van der Waals surface area contributed by atoms with Gasteiger partial charge in [-0.1, -0.05) is 0 Å². The minimum atomic E-state index is -0.558. The summed E-state index contributed by atoms with van der Waals surface area (Å²) in [4.78, 5) is 10.3. The van der Waals surface area contributed by atoms with Crippen LogP contribution in [0.3, 0.4) is 0 Å². The molecule has 2 atom stereocenters. The Labute approximate surface area is 60.5 Å². The van der Waals surface area contributed by atoms with E-state index in [0.717, 1.165) is 0 Å². The average molecular weight is 146 g/mol. The second kappa shape index (κ2) is 4.24. The zero-order valence-corrected chi connectivity index (χ0v) is 6.33. The van der Waals surface area contributed by atoms with E-state index in [9.17, 15) is 4.79 Å². The predicted octanol–water partition coefficient (Wildman–Crippen LogP) is -0.428. The van der Waals surface area contributed by atoms with Gasteiger partial charge in [0.15, 0.2) is 6.23 Å². The van der Waals surface area contributed by atoms with Gasteiger partial charge in [-0.05, 0) is 6.92 Å². The lowest BCUT2D eigenvalue weighted by Gasteiger charge is -2.13. The third-order valence-corrected chi connectivity index (χ3v) is 0.921. The third kappa shape index (κ3) is 5.53. The summed E-state index contributed by atoms with van der Waals surface area (Å²) >= 11 is 0. The molecule has 0 rings (SSSR count). The van der Waals surface area contributed by atoms with Crippen LogP contribution in [0.15, 0.2) is 0 Å². The van der Waals surface area contributed by atoms with Crippen molar-refractivity contribution in [3.8, 4) is 0 Å². The van der Waals surface area contributed by atoms with Crippen molar-refractivity contribution in [3.63, 3.8) is 0 Å². The Morgan fingerprint density at radius 2 is 2.10 bits per heavy atom. The SMILES string of the molecule is CC(=O)OC(N)CC(C)N. The fraction of sp³-hybridized carbons (Fsp3) is 0.833. The molecule has 0 amide bonds. The quantitative estimate of drug-likeness (QED) is 0.418. The summed E-state index contributed by atoms with van der Waals surface area (Å²) in [6, 6.07) is -0.0330. The number of esters is 1. The van der Waals surface area contributed by atoms with Crippen LogP contribution >= 0.6 is 0 Å². The van der Waals surface area contributed by atoms with Gasteiger partial charge in [0, 0.05) is 19.4 Å². The van der Waals surface area contributed by atoms with Crippen LogP contribution in [0.4, 0.5) is 0 Å². The largest absolute Gasteiger partial charge is 0.447 e. The van der Waals surface area contributed by atoms with Crippen molar-refractivity contribution in [2.24, 2.45) is 11.5 Å². The first kappa shape index (κ1) is 9.39. The summed E-state index contributed by atoms with van der Waals surface area (Å²) in [5.74, 6) is -0.367. The second-order valence-corrected chi connectivity index (χ2v) is 2.36. The second-order valence-electron chi connectivity index (χ2n) is 2.36. The van der Waals surface area contributed by atoms with Crippen LogP contribution in [-0.2, 0) is 9.53 Å². The lowest BCUT2D eigenvalue weighted by molar-refractivity contribution is -0.146. The molecule has 0 heterocycles. The van der Waals surface area contributed by atoms with Crippen LogP contribution in [0.5, 0.6) is 0 Å². The molecule has 0 aromatic rings. The van der Waals surface area contributed by atoms with Gasteiger partial charge in [-0.15, -0.1) is 0 Å². The fourth-order valence-corrected chi connectivity index (χ4v) is 0.628. The molecule has 0 saturated carbocycles. The molecule has 0 aliphatic carbocycles. The standard InChI is InChI=1S/C6H14N2O2/c1-4(7)3-6(8)10-5(2)9/h4,6H,3,7-8H2,1-2H3. The van der Waals surface area contributed by atoms with E-state index < -0.39 is 6.23 Å². The maximum atomic E-state index is 10.3. The predicted molar refractivity (Wildman–Crippen MR) is 38.0 cm³/mol. The zero-order valence-electron chi connectivity index (χ0n) is 6.33. The first-order valence-corrected chi connectivity index (χ1v) is 3.20. The van der Waals surface area contributed by atoms with Crippen LogP contribution in [0.2, 0.25) is 0 Å². The minimum absolute atomic E-state index is 0.0330. The molecular weight excluding hydrogens is 132 g/mol. The number of carbonyl (C=O) groups excluding carboxylic acids is 1. The van der Waals surface area contributed by atoms with Crippen LogP contribution < -0.4 is 11.5 Å². The van der Waals surface area contributed by atoms with Crippen molar-refractivity contribution >= 4 is 5.97 Å². The van der Waals surface area contributed by atoms with Crippen LogP contribution in [0.1, 0.15) is 20.3 Å². The molecule has 2 unspecified atom stereocenters. The highest BCUT2D eigenvalue weighted by Crippen LogP contribution is 1.94. The molecule has 0 bridgehead atoms. The highest BCUT2D eigenvalue weighted by molar-refractivity contribution is 5.66. The Balaban J connectivity index is 3.43. The summed E-state index contributed by atoms with van der Waals surface area (Å²) in [5, 5.41) is 0. The number of rotatable bonds is 3. The molecule has 0 radical (unpaired) electrons. The first-order valence-electron chi connectivity index (χ1n) is 3.20. The average Bonchev–Trinajstić information content (AvgIpc) is 1.58. The van der Waals surface area contributed by atoms with Gasteiger partial charge in [-0.3, -0.25) is 10.5 Å². The van der Waals surface area contributed by atoms with Gasteiger partial charge in [0.25, 0.3) is 0 Å². The lowest BCUT2D eigenvalue weighted by atomic mass is 10.2. The van der Waals surface area contributed by atoms with Crippen molar-refractivity contribution in [2.75, 3.05) is 0 Å². The molecule has 0 aliphatic rings. The van der Waals surface area contributed by atoms with E-state index in [1.54, 1.807) is 0 Å². The van der Waals surface area contributed by atoms with Crippen molar-refractivity contribution in [1.82, 2.24) is 0 Å². The van der Waals surface area contributed by atoms with Gasteiger partial charge >= 0.3 is 5.97 Å². The third-order valence-electron chi connectivity index (χ3n) is 0.921. The molecular formula is C6H14N2O2. The summed E-state index contributed by atoms with van der Waals surface area (Å²) in [6.07, 6.45) is -0.0583. The highest BCUT2D eigenvalue weighted by Gasteiger charge is 2.07. The van der Waals surface area contributed by atoms with Gasteiger partial charge in [-0.25, -0.2) is 0 Å². The zero-order chi connectivity index (χ0) is 8.15. The number of hydrogen-bond acceptors (Lipinski definition) is 4. The Bertz CT molecular complexity index is 114. The normalized spacial score (nSPS) is 16.0. The maximum Gasteiger partial charge on any atom is 0.304 e. The molecule has 0 saturated heterocycles. The molecule has 4 heteroatoms. The van der Waals surface area contributed by atoms with Crippen molar-refractivity contribution < 1.29 is 9.53 Å². The number of hydrogen-bond donors (Lipinski definition) is 2. The number of nitrogens with two attached hydrogens (primary N) is 2. The Kier molecular flexibility index (Phi) is 3.99. The van der Waals surface area contributed by atoms with Crippen LogP contribution in [-0.4, -0.2) is 18.2 Å². The number of carbonyl (C=O) groups is 1. The van der Waals surface area contributed by atoms with Gasteiger partial charge in [0.2, 0.25) is 0 Å². The molecule has 0 spiro atoms. The van der Waals surface area contributed by atoms with Gasteiger partial charge in [0.1, 0.15) is 0 Å². The summed E-state index contributed by atoms with van der Waals surface area (Å²) in [5.41, 5.74) is 10.8. The van der Waals surface area contributed by atoms with E-state index in [1.165, 1.54) is 6.92 Å². The Morgan fingerprint density at radius 1 is 1.60 bits per heavy atom. The molecule has 0 aliphatic heterocycles. The molecule has 4 nitrogen and oxygen atoms in total. The van der Waals surface area contributed by atoms with E-state index in [1.807, 2.05) is 6.92 Å². The van der Waals surface area contributed by atoms with Crippen molar-refractivity contribution in [3.05, 3.63) is 0 Å². The smallest absolute Gasteiger partial charge is 0.304 e. The maximum absolute atomic E-state index is 10.3. The van der Waals surface area contributed by atoms with E-state index in [2.05, 4.69) is 4.74 Å². The molecule has 60 valence electrons. The summed E-state index contributed by atoms with van der Waals surface area (Å²) in [7, 11) is 0. The Hall–Kier alpha value is -0.610. The van der Waals surface area contributed by atoms with E-state index in [0.29, 0.717) is 6.42 Å². The van der Waals surface area contributed by atoms with Crippen molar-refractivity contribution in [1.29, 1.82) is 0 Å². The van der Waals surface area contributed by atoms with E-state index in [-0.39, 0.29) is 12.0 Å². The van der Waals surface area contributed by atoms with Gasteiger partial charge < -0.3 is 10.5 Å². The fourth-order valence-electron chi connectivity index (χ4n) is 0.628. The van der Waals surface area contributed by atoms with Gasteiger partial charge in [0.05, 0.1) is 0 Å². The molecule has 10 heavy (non-hydrogen) atoms. The first-order chi connectivity index (χ1) is 4.52. The molecule has 4 N–H and O–H groups in total. The lowest BCUT2D eigenvalue weighted by Crippen LogP contribution is -2.32. The van der Waals surface area contributed by atoms with Crippen molar-refractivity contribution in [2.45, 2.75) is 32.5 Å². The topological polar surface area (TPSA) is 78.3 Å². The summed E-state index contributed by atoms with van der Waals surface area (Å²) in [6.45, 7) is 3.13. The summed E-state index contributed by atoms with van der Waals surface area (Å²) < 4.78 is 4.62. The van der Waals surface area contributed by atoms with E-state index in [4.69, 9.17) is 11.5 Å². The highest BCUT2D eigenvalue weighted by atomic mass is 16.5.